The molecule has 1 atom stereocenters. The highest BCUT2D eigenvalue weighted by molar-refractivity contribution is 7.99. The average molecular weight is 252 g/mol. The van der Waals surface area contributed by atoms with Crippen LogP contribution in [0.3, 0.4) is 0 Å². The smallest absolute Gasteiger partial charge is 0.195 e. The molecule has 6 heteroatoms. The van der Waals surface area contributed by atoms with E-state index in [2.05, 4.69) is 15.5 Å². The third kappa shape index (κ3) is 2.96. The van der Waals surface area contributed by atoms with E-state index in [1.54, 1.807) is 18.9 Å². The normalized spacial score (nSPS) is 13.1. The maximum Gasteiger partial charge on any atom is 0.195 e. The molecule has 0 fully saturated rings. The lowest BCUT2D eigenvalue weighted by molar-refractivity contribution is 0.177. The van der Waals surface area contributed by atoms with E-state index in [4.69, 9.17) is 4.74 Å². The first-order valence-electron chi connectivity index (χ1n) is 5.44. The van der Waals surface area contributed by atoms with Crippen molar-refractivity contribution in [2.75, 3.05) is 26.5 Å². The number of hydrogen-bond donors (Lipinski definition) is 1. The highest BCUT2D eigenvalue weighted by Gasteiger charge is 2.10. The molecule has 2 rings (SSSR count). The molecular weight excluding hydrogens is 236 g/mol. The largest absolute Gasteiger partial charge is 0.383 e. The van der Waals surface area contributed by atoms with Crippen molar-refractivity contribution in [3.05, 3.63) is 24.4 Å². The molecule has 0 saturated heterocycles. The maximum atomic E-state index is 5.13. The second-order valence-corrected chi connectivity index (χ2v) is 4.65. The lowest BCUT2D eigenvalue weighted by Gasteiger charge is -2.13. The molecule has 92 valence electrons. The first kappa shape index (κ1) is 12.3. The number of likely N-dealkylation sites (N-methyl/N-ethyl adjacent to an activating group) is 1. The van der Waals surface area contributed by atoms with Crippen molar-refractivity contribution in [3.8, 4) is 0 Å². The summed E-state index contributed by atoms with van der Waals surface area (Å²) in [7, 11) is 3.65. The Morgan fingerprint density at radius 2 is 2.35 bits per heavy atom. The molecule has 0 bridgehead atoms. The molecule has 17 heavy (non-hydrogen) atoms. The number of ether oxygens (including phenoxy) is 1. The SMILES string of the molecule is CNC(COC)CSc1nnc2ccccn12. The fraction of sp³-hybridized carbons (Fsp3) is 0.455. The summed E-state index contributed by atoms with van der Waals surface area (Å²) in [5.41, 5.74) is 0.878. The zero-order chi connectivity index (χ0) is 12.1. The van der Waals surface area contributed by atoms with E-state index in [1.165, 1.54) is 0 Å². The Labute approximate surface area is 105 Å². The summed E-state index contributed by atoms with van der Waals surface area (Å²) in [6.45, 7) is 0.695. The minimum absolute atomic E-state index is 0.320. The number of methoxy groups -OCH3 is 1. The Morgan fingerprint density at radius 1 is 1.47 bits per heavy atom. The summed E-state index contributed by atoms with van der Waals surface area (Å²) in [5.74, 6) is 0.903. The number of fused-ring (bicyclic) bond motifs is 1. The zero-order valence-corrected chi connectivity index (χ0v) is 10.8. The minimum Gasteiger partial charge on any atom is -0.383 e. The van der Waals surface area contributed by atoms with E-state index < -0.39 is 0 Å². The van der Waals surface area contributed by atoms with Crippen molar-refractivity contribution in [1.82, 2.24) is 19.9 Å². The van der Waals surface area contributed by atoms with Gasteiger partial charge < -0.3 is 10.1 Å². The monoisotopic (exact) mass is 252 g/mol. The Morgan fingerprint density at radius 3 is 3.12 bits per heavy atom. The van der Waals surface area contributed by atoms with Crippen molar-refractivity contribution >= 4 is 17.4 Å². The number of rotatable bonds is 6. The topological polar surface area (TPSA) is 51.5 Å². The number of nitrogens with one attached hydrogen (secondary N) is 1. The van der Waals surface area contributed by atoms with Crippen LogP contribution in [-0.2, 0) is 4.74 Å². The molecule has 1 N–H and O–H groups in total. The van der Waals surface area contributed by atoms with Crippen LogP contribution in [0.25, 0.3) is 5.65 Å². The Kier molecular flexibility index (Phi) is 4.36. The van der Waals surface area contributed by atoms with E-state index in [0.29, 0.717) is 12.6 Å². The van der Waals surface area contributed by atoms with Crippen LogP contribution in [0.15, 0.2) is 29.6 Å². The summed E-state index contributed by atoms with van der Waals surface area (Å²) in [5, 5.41) is 12.4. The van der Waals surface area contributed by atoms with Crippen molar-refractivity contribution in [1.29, 1.82) is 0 Å². The predicted molar refractivity (Wildman–Crippen MR) is 68.4 cm³/mol. The van der Waals surface area contributed by atoms with Gasteiger partial charge in [0.2, 0.25) is 0 Å². The molecule has 0 radical (unpaired) electrons. The van der Waals surface area contributed by atoms with Gasteiger partial charge in [-0.25, -0.2) is 0 Å². The zero-order valence-electron chi connectivity index (χ0n) is 9.96. The molecule has 5 nitrogen and oxygen atoms in total. The van der Waals surface area contributed by atoms with Crippen LogP contribution in [0.2, 0.25) is 0 Å². The van der Waals surface area contributed by atoms with Crippen molar-refractivity contribution in [3.63, 3.8) is 0 Å². The summed E-state index contributed by atoms with van der Waals surface area (Å²) in [6.07, 6.45) is 1.97. The van der Waals surface area contributed by atoms with Gasteiger partial charge in [0.1, 0.15) is 0 Å². The molecule has 2 aromatic heterocycles. The minimum atomic E-state index is 0.320. The first-order valence-corrected chi connectivity index (χ1v) is 6.42. The van der Waals surface area contributed by atoms with Gasteiger partial charge in [-0.3, -0.25) is 4.40 Å². The lowest BCUT2D eigenvalue weighted by Crippen LogP contribution is -2.32. The van der Waals surface area contributed by atoms with Crippen LogP contribution in [0, 0.1) is 0 Å². The molecule has 0 aliphatic heterocycles. The molecule has 0 aliphatic rings. The second-order valence-electron chi connectivity index (χ2n) is 3.66. The van der Waals surface area contributed by atoms with Gasteiger partial charge in [-0.1, -0.05) is 17.8 Å². The van der Waals surface area contributed by atoms with Crippen LogP contribution in [0.5, 0.6) is 0 Å². The van der Waals surface area contributed by atoms with E-state index in [0.717, 1.165) is 16.6 Å². The number of hydrogen-bond acceptors (Lipinski definition) is 5. The third-order valence-corrected chi connectivity index (χ3v) is 3.58. The van der Waals surface area contributed by atoms with Gasteiger partial charge in [0.15, 0.2) is 10.8 Å². The van der Waals surface area contributed by atoms with E-state index in [1.807, 2.05) is 35.8 Å². The van der Waals surface area contributed by atoms with Crippen molar-refractivity contribution in [2.24, 2.45) is 0 Å². The van der Waals surface area contributed by atoms with Crippen LogP contribution >= 0.6 is 11.8 Å². The van der Waals surface area contributed by atoms with Crippen molar-refractivity contribution < 1.29 is 4.74 Å². The molecule has 0 aromatic carbocycles. The molecular formula is C11H16N4OS. The molecule has 0 spiro atoms. The van der Waals surface area contributed by atoms with E-state index >= 15 is 0 Å². The van der Waals surface area contributed by atoms with Gasteiger partial charge in [0.25, 0.3) is 0 Å². The molecule has 0 saturated carbocycles. The second kappa shape index (κ2) is 6.00. The van der Waals surface area contributed by atoms with Crippen LogP contribution in [0.1, 0.15) is 0 Å². The molecule has 0 amide bonds. The van der Waals surface area contributed by atoms with Crippen LogP contribution in [0.4, 0.5) is 0 Å². The summed E-state index contributed by atoms with van der Waals surface area (Å²) in [4.78, 5) is 0. The van der Waals surface area contributed by atoms with E-state index in [9.17, 15) is 0 Å². The summed E-state index contributed by atoms with van der Waals surface area (Å²) >= 11 is 1.68. The third-order valence-electron chi connectivity index (χ3n) is 2.47. The Hall–Kier alpha value is -1.11. The van der Waals surface area contributed by atoms with Gasteiger partial charge in [-0.15, -0.1) is 10.2 Å². The predicted octanol–water partition coefficient (Wildman–Crippen LogP) is 1.06. The fourth-order valence-electron chi connectivity index (χ4n) is 1.51. The molecule has 2 heterocycles. The molecule has 2 aromatic rings. The number of aromatic nitrogens is 3. The Bertz CT molecular complexity index is 473. The van der Waals surface area contributed by atoms with Gasteiger partial charge >= 0.3 is 0 Å². The highest BCUT2D eigenvalue weighted by Crippen LogP contribution is 2.17. The van der Waals surface area contributed by atoms with Gasteiger partial charge in [-0.2, -0.15) is 0 Å². The number of pyridine rings is 1. The Balaban J connectivity index is 2.03. The van der Waals surface area contributed by atoms with E-state index in [-0.39, 0.29) is 0 Å². The molecule has 0 aliphatic carbocycles. The number of thioether (sulfide) groups is 1. The van der Waals surface area contributed by atoms with Crippen LogP contribution in [-0.4, -0.2) is 47.2 Å². The quantitative estimate of drug-likeness (QED) is 0.779. The van der Waals surface area contributed by atoms with Gasteiger partial charge in [0, 0.05) is 25.1 Å². The average Bonchev–Trinajstić information content (AvgIpc) is 2.78. The fourth-order valence-corrected chi connectivity index (χ4v) is 2.51. The standard InChI is InChI=1S/C11H16N4OS/c1-12-9(7-16-2)8-17-11-14-13-10-5-3-4-6-15(10)11/h3-6,9,12H,7-8H2,1-2H3. The maximum absolute atomic E-state index is 5.13. The summed E-state index contributed by atoms with van der Waals surface area (Å²) < 4.78 is 7.12. The number of nitrogens with zero attached hydrogens (tertiary/aromatic N) is 3. The van der Waals surface area contributed by atoms with Gasteiger partial charge in [-0.05, 0) is 19.2 Å². The molecule has 1 unspecified atom stereocenters. The van der Waals surface area contributed by atoms with Gasteiger partial charge in [0.05, 0.1) is 6.61 Å². The first-order chi connectivity index (χ1) is 8.35. The summed E-state index contributed by atoms with van der Waals surface area (Å²) in [6, 6.07) is 6.20. The van der Waals surface area contributed by atoms with Crippen molar-refractivity contribution in [2.45, 2.75) is 11.2 Å². The lowest BCUT2D eigenvalue weighted by atomic mass is 10.4. The highest BCUT2D eigenvalue weighted by atomic mass is 32.2. The van der Waals surface area contributed by atoms with Crippen LogP contribution < -0.4 is 5.32 Å².